The molecule has 2 heteroatoms. The highest BCUT2D eigenvalue weighted by molar-refractivity contribution is 5.76. The summed E-state index contributed by atoms with van der Waals surface area (Å²) in [6, 6.07) is 7.18. The summed E-state index contributed by atoms with van der Waals surface area (Å²) in [5.74, 6) is 0.449. The summed E-state index contributed by atoms with van der Waals surface area (Å²) in [6.07, 6.45) is 1.44. The van der Waals surface area contributed by atoms with Gasteiger partial charge in [-0.1, -0.05) is 19.9 Å². The molecule has 0 unspecified atom stereocenters. The molecule has 72 valence electrons. The molecule has 0 atom stereocenters. The van der Waals surface area contributed by atoms with Crippen LogP contribution in [-0.2, 0) is 0 Å². The van der Waals surface area contributed by atoms with Gasteiger partial charge in [0.1, 0.15) is 5.58 Å². The van der Waals surface area contributed by atoms with Gasteiger partial charge in [-0.25, -0.2) is 0 Å². The van der Waals surface area contributed by atoms with Crippen molar-refractivity contribution in [3.05, 3.63) is 46.3 Å². The van der Waals surface area contributed by atoms with Gasteiger partial charge in [-0.2, -0.15) is 0 Å². The maximum Gasteiger partial charge on any atom is 0.192 e. The predicted octanol–water partition coefficient (Wildman–Crippen LogP) is 2.92. The quantitative estimate of drug-likeness (QED) is 0.688. The van der Waals surface area contributed by atoms with Crippen LogP contribution in [0.1, 0.15) is 25.3 Å². The Morgan fingerprint density at radius 2 is 2.00 bits per heavy atom. The summed E-state index contributed by atoms with van der Waals surface area (Å²) in [6.45, 7) is 4.23. The Kier molecular flexibility index (Phi) is 2.12. The molecule has 0 radical (unpaired) electrons. The Morgan fingerprint density at radius 3 is 2.71 bits per heavy atom. The molecule has 1 heterocycles. The average Bonchev–Trinajstić information content (AvgIpc) is 2.17. The van der Waals surface area contributed by atoms with Crippen LogP contribution in [0.2, 0.25) is 0 Å². The Hall–Kier alpha value is -1.57. The van der Waals surface area contributed by atoms with E-state index in [9.17, 15) is 4.79 Å². The van der Waals surface area contributed by atoms with Crippen LogP contribution in [0.4, 0.5) is 0 Å². The van der Waals surface area contributed by atoms with E-state index in [-0.39, 0.29) is 5.43 Å². The molecule has 2 aromatic rings. The second-order valence-corrected chi connectivity index (χ2v) is 3.70. The first-order valence-corrected chi connectivity index (χ1v) is 4.70. The second-order valence-electron chi connectivity index (χ2n) is 3.70. The van der Waals surface area contributed by atoms with Crippen LogP contribution in [0.5, 0.6) is 0 Å². The highest BCUT2D eigenvalue weighted by Gasteiger charge is 2.03. The number of benzene rings is 1. The lowest BCUT2D eigenvalue weighted by molar-refractivity contribution is 0.601. The Morgan fingerprint density at radius 1 is 1.21 bits per heavy atom. The van der Waals surface area contributed by atoms with E-state index < -0.39 is 0 Å². The molecular weight excluding hydrogens is 176 g/mol. The summed E-state index contributed by atoms with van der Waals surface area (Å²) >= 11 is 0. The molecule has 0 saturated heterocycles. The van der Waals surface area contributed by atoms with Gasteiger partial charge in [-0.15, -0.1) is 0 Å². The second kappa shape index (κ2) is 3.29. The van der Waals surface area contributed by atoms with E-state index >= 15 is 0 Å². The third kappa shape index (κ3) is 1.43. The van der Waals surface area contributed by atoms with Gasteiger partial charge in [-0.3, -0.25) is 4.79 Å². The van der Waals surface area contributed by atoms with Crippen molar-refractivity contribution in [2.45, 2.75) is 19.8 Å². The highest BCUT2D eigenvalue weighted by Crippen LogP contribution is 2.18. The van der Waals surface area contributed by atoms with Crippen LogP contribution in [0.15, 0.2) is 39.7 Å². The summed E-state index contributed by atoms with van der Waals surface area (Å²) in [5, 5.41) is 0.650. The fourth-order valence-electron chi connectivity index (χ4n) is 1.46. The monoisotopic (exact) mass is 188 g/mol. The lowest BCUT2D eigenvalue weighted by atomic mass is 10.0. The van der Waals surface area contributed by atoms with Crippen molar-refractivity contribution in [1.29, 1.82) is 0 Å². The van der Waals surface area contributed by atoms with Gasteiger partial charge in [0.05, 0.1) is 11.6 Å². The zero-order valence-corrected chi connectivity index (χ0v) is 8.28. The molecule has 0 N–H and O–H groups in total. The molecule has 1 aromatic heterocycles. The molecule has 0 spiro atoms. The molecular formula is C12H12O2. The first kappa shape index (κ1) is 9.00. The van der Waals surface area contributed by atoms with E-state index in [1.165, 1.54) is 17.9 Å². The molecule has 2 nitrogen and oxygen atoms in total. The van der Waals surface area contributed by atoms with E-state index in [0.717, 1.165) is 0 Å². The largest absolute Gasteiger partial charge is 0.464 e. The zero-order chi connectivity index (χ0) is 10.1. The molecule has 14 heavy (non-hydrogen) atoms. The normalized spacial score (nSPS) is 11.1. The number of rotatable bonds is 1. The van der Waals surface area contributed by atoms with Crippen LogP contribution in [0, 0.1) is 0 Å². The van der Waals surface area contributed by atoms with Crippen LogP contribution in [-0.4, -0.2) is 0 Å². The fourth-order valence-corrected chi connectivity index (χ4v) is 1.46. The van der Waals surface area contributed by atoms with Crippen molar-refractivity contribution in [2.24, 2.45) is 0 Å². The van der Waals surface area contributed by atoms with Crippen LogP contribution in [0.3, 0.4) is 0 Å². The zero-order valence-electron chi connectivity index (χ0n) is 8.28. The van der Waals surface area contributed by atoms with Crippen LogP contribution >= 0.6 is 0 Å². The lowest BCUT2D eigenvalue weighted by Crippen LogP contribution is -1.98. The third-order valence-corrected chi connectivity index (χ3v) is 2.35. The minimum absolute atomic E-state index is 0.0153. The fraction of sp³-hybridized carbons (Fsp3) is 0.250. The Labute approximate surface area is 82.2 Å². The number of fused-ring (bicyclic) bond motifs is 1. The molecule has 0 aliphatic rings. The SMILES string of the molecule is CC(C)c1ccc2c(=O)ccoc2c1. The maximum absolute atomic E-state index is 11.4. The standard InChI is InChI=1S/C12H12O2/c1-8(2)9-3-4-10-11(13)5-6-14-12(10)7-9/h3-8H,1-2H3. The van der Waals surface area contributed by atoms with Crippen molar-refractivity contribution in [3.63, 3.8) is 0 Å². The first-order valence-electron chi connectivity index (χ1n) is 4.70. The van der Waals surface area contributed by atoms with Gasteiger partial charge in [0.15, 0.2) is 5.43 Å². The predicted molar refractivity (Wildman–Crippen MR) is 56.6 cm³/mol. The summed E-state index contributed by atoms with van der Waals surface area (Å²) in [4.78, 5) is 11.4. The summed E-state index contributed by atoms with van der Waals surface area (Å²) in [7, 11) is 0. The topological polar surface area (TPSA) is 30.2 Å². The van der Waals surface area contributed by atoms with Gasteiger partial charge in [0.25, 0.3) is 0 Å². The Balaban J connectivity index is 2.74. The maximum atomic E-state index is 11.4. The third-order valence-electron chi connectivity index (χ3n) is 2.35. The minimum atomic E-state index is 0.0153. The molecule has 1 aromatic carbocycles. The highest BCUT2D eigenvalue weighted by atomic mass is 16.3. The van der Waals surface area contributed by atoms with Gasteiger partial charge in [0, 0.05) is 6.07 Å². The van der Waals surface area contributed by atoms with E-state index in [1.54, 1.807) is 0 Å². The van der Waals surface area contributed by atoms with Crippen molar-refractivity contribution in [1.82, 2.24) is 0 Å². The van der Waals surface area contributed by atoms with Gasteiger partial charge >= 0.3 is 0 Å². The van der Waals surface area contributed by atoms with Gasteiger partial charge in [0.2, 0.25) is 0 Å². The van der Waals surface area contributed by atoms with Crippen LogP contribution in [0.25, 0.3) is 11.0 Å². The molecule has 0 aliphatic heterocycles. The molecule has 0 saturated carbocycles. The van der Waals surface area contributed by atoms with E-state index in [4.69, 9.17) is 4.42 Å². The molecule has 2 rings (SSSR count). The van der Waals surface area contributed by atoms with Crippen molar-refractivity contribution in [3.8, 4) is 0 Å². The molecule has 0 amide bonds. The molecule has 0 bridgehead atoms. The van der Waals surface area contributed by atoms with E-state index in [2.05, 4.69) is 13.8 Å². The summed E-state index contributed by atoms with van der Waals surface area (Å²) < 4.78 is 5.28. The van der Waals surface area contributed by atoms with Crippen molar-refractivity contribution in [2.75, 3.05) is 0 Å². The molecule has 0 aliphatic carbocycles. The average molecular weight is 188 g/mol. The molecule has 0 fully saturated rings. The van der Waals surface area contributed by atoms with Crippen molar-refractivity contribution >= 4 is 11.0 Å². The minimum Gasteiger partial charge on any atom is -0.464 e. The number of hydrogen-bond donors (Lipinski definition) is 0. The number of hydrogen-bond acceptors (Lipinski definition) is 2. The van der Waals surface area contributed by atoms with E-state index in [1.807, 2.05) is 18.2 Å². The Bertz CT molecular complexity index is 509. The first-order chi connectivity index (χ1) is 6.68. The smallest absolute Gasteiger partial charge is 0.192 e. The van der Waals surface area contributed by atoms with Gasteiger partial charge in [-0.05, 0) is 23.6 Å². The lowest BCUT2D eigenvalue weighted by Gasteiger charge is -2.05. The van der Waals surface area contributed by atoms with Gasteiger partial charge < -0.3 is 4.42 Å². The van der Waals surface area contributed by atoms with E-state index in [0.29, 0.717) is 16.9 Å². The van der Waals surface area contributed by atoms with Crippen molar-refractivity contribution < 1.29 is 4.42 Å². The van der Waals surface area contributed by atoms with Crippen LogP contribution < -0.4 is 5.43 Å². The summed E-state index contributed by atoms with van der Waals surface area (Å²) in [5.41, 5.74) is 1.87.